The van der Waals surface area contributed by atoms with Crippen molar-refractivity contribution in [3.63, 3.8) is 0 Å². The monoisotopic (exact) mass is 1250 g/mol. The Morgan fingerprint density at radius 1 is 0.561 bits per heavy atom. The van der Waals surface area contributed by atoms with E-state index in [0.29, 0.717) is 11.4 Å². The number of anilines is 2. The normalized spacial score (nSPS) is 14.1. The van der Waals surface area contributed by atoms with Crippen LogP contribution in [-0.2, 0) is 42.7 Å². The third kappa shape index (κ3) is 9.63. The quantitative estimate of drug-likeness (QED) is 0.127. The summed E-state index contributed by atoms with van der Waals surface area (Å²) in [5, 5.41) is 13.2. The molecule has 5 heterocycles. The van der Waals surface area contributed by atoms with Crippen LogP contribution in [0.25, 0.3) is 56.2 Å². The molecule has 82 heavy (non-hydrogen) atoms. The number of allylic oxidation sites excluding steroid dienone is 3. The number of aromatic hydroxyl groups is 1. The van der Waals surface area contributed by atoms with Gasteiger partial charge in [-0.15, -0.1) is 28.7 Å². The Bertz CT molecular complexity index is 4050. The van der Waals surface area contributed by atoms with Crippen LogP contribution in [0.1, 0.15) is 128 Å². The van der Waals surface area contributed by atoms with Crippen LogP contribution in [0, 0.1) is 19.9 Å². The fraction of sp³-hybridized carbons (Fsp3) is 0.243. The first-order valence-corrected chi connectivity index (χ1v) is 28.7. The summed E-state index contributed by atoms with van der Waals surface area (Å²) in [6, 6.07) is 61.0. The van der Waals surface area contributed by atoms with E-state index in [1.54, 1.807) is 0 Å². The van der Waals surface area contributed by atoms with Gasteiger partial charge in [-0.1, -0.05) is 210 Å². The number of phenols is 1. The molecule has 0 saturated carbocycles. The predicted octanol–water partition coefficient (Wildman–Crippen LogP) is 17.0. The number of hydrogen-bond donors (Lipinski definition) is 1. The predicted molar refractivity (Wildman–Crippen MR) is 339 cm³/mol. The van der Waals surface area contributed by atoms with Gasteiger partial charge in [0.05, 0.1) is 16.8 Å². The number of phenolic OH excluding ortho intramolecular Hbond substituents is 1. The standard InChI is InChI=1S/C74H73BN5O.Pt/c1-46-26-24-27-47(2)64(46)66-62-34-25-35-63-78(54-32-22-17-23-33-54)70-68(75(80(62)63)59-41-51(40-57(65(59)66)73(9,10)11)60-42-50(38-39-76-60)48-28-18-15-19-29-48)77-69(56-44-53(72(6,7)8)45-58(67(56)81)74(12,13)14)79(70)61-37-36-52(71(3,4)5)43-55(61)49-30-20-16-21-31-49;/h15-40,42-45,81H,1-14H3;/q-1;. The maximum absolute atomic E-state index is 13.2. The first kappa shape index (κ1) is 56.1. The largest absolute Gasteiger partial charge is 0.507 e. The van der Waals surface area contributed by atoms with E-state index >= 15 is 0 Å². The third-order valence-electron chi connectivity index (χ3n) is 16.6. The van der Waals surface area contributed by atoms with E-state index in [0.717, 1.165) is 90.0 Å². The molecule has 0 saturated heterocycles. The van der Waals surface area contributed by atoms with E-state index in [4.69, 9.17) is 9.97 Å². The Kier molecular flexibility index (Phi) is 14.1. The summed E-state index contributed by atoms with van der Waals surface area (Å²) in [7, 11) is 0. The van der Waals surface area contributed by atoms with Crippen molar-refractivity contribution in [2.45, 2.75) is 119 Å². The first-order chi connectivity index (χ1) is 38.5. The molecule has 0 amide bonds. The van der Waals surface area contributed by atoms with E-state index in [9.17, 15) is 5.11 Å². The minimum atomic E-state index is -0.503. The molecule has 12 rings (SSSR count). The van der Waals surface area contributed by atoms with Gasteiger partial charge in [-0.05, 0) is 140 Å². The van der Waals surface area contributed by atoms with Crippen molar-refractivity contribution in [2.75, 3.05) is 4.90 Å². The third-order valence-corrected chi connectivity index (χ3v) is 16.6. The SMILES string of the molecule is Cc1cccc(C)c1C1=C2C=CC=C3N2B(c2[c-]c(-c4cc(-c5ccccc5)ccn4)cc(C(C)(C)C)c21)c1nc(-c2cc(C(C)(C)C)cc(C(C)(C)C)c2O)n(-c2ccc(C(C)(C)C)cc2-c2ccccc2)c1N3c1ccccc1.[Pt]. The Morgan fingerprint density at radius 3 is 1.79 bits per heavy atom. The van der Waals surface area contributed by atoms with Gasteiger partial charge in [-0.25, -0.2) is 4.98 Å². The molecule has 0 bridgehead atoms. The molecule has 3 aliphatic heterocycles. The Balaban J connectivity index is 0.00000705. The maximum Gasteiger partial charge on any atom is 0.336 e. The summed E-state index contributed by atoms with van der Waals surface area (Å²) in [5.74, 6) is 2.75. The summed E-state index contributed by atoms with van der Waals surface area (Å²) in [5.41, 5.74) is 20.9. The summed E-state index contributed by atoms with van der Waals surface area (Å²) >= 11 is 0. The van der Waals surface area contributed by atoms with Gasteiger partial charge in [0, 0.05) is 49.8 Å². The molecule has 0 unspecified atom stereocenters. The van der Waals surface area contributed by atoms with Crippen LogP contribution in [0.3, 0.4) is 0 Å². The second-order valence-corrected chi connectivity index (χ2v) is 26.5. The van der Waals surface area contributed by atoms with Crippen LogP contribution >= 0.6 is 0 Å². The van der Waals surface area contributed by atoms with Gasteiger partial charge in [0.15, 0.2) is 0 Å². The molecular formula is C74H73BN5OPt-. The Morgan fingerprint density at radius 2 is 1.17 bits per heavy atom. The first-order valence-electron chi connectivity index (χ1n) is 28.7. The minimum absolute atomic E-state index is 0. The fourth-order valence-electron chi connectivity index (χ4n) is 12.4. The van der Waals surface area contributed by atoms with Gasteiger partial charge in [0.2, 0.25) is 0 Å². The van der Waals surface area contributed by atoms with E-state index < -0.39 is 12.3 Å². The Labute approximate surface area is 501 Å². The molecule has 9 aromatic rings. The number of nitrogens with zero attached hydrogens (tertiary/aromatic N) is 5. The van der Waals surface area contributed by atoms with Crippen molar-refractivity contribution in [3.05, 3.63) is 244 Å². The van der Waals surface area contributed by atoms with Crippen molar-refractivity contribution < 1.29 is 26.2 Å². The second-order valence-electron chi connectivity index (χ2n) is 26.5. The Hall–Kier alpha value is -7.73. The van der Waals surface area contributed by atoms with Crippen LogP contribution < -0.4 is 16.0 Å². The molecule has 0 spiro atoms. The zero-order valence-electron chi connectivity index (χ0n) is 49.9. The average Bonchev–Trinajstić information content (AvgIpc) is 2.22. The number of aromatic nitrogens is 3. The van der Waals surface area contributed by atoms with Crippen molar-refractivity contribution in [1.82, 2.24) is 19.3 Å². The van der Waals surface area contributed by atoms with Crippen LogP contribution in [0.15, 0.2) is 194 Å². The summed E-state index contributed by atoms with van der Waals surface area (Å²) < 4.78 is 2.38. The maximum atomic E-state index is 13.2. The second kappa shape index (κ2) is 20.6. The molecule has 1 N–H and O–H groups in total. The zero-order chi connectivity index (χ0) is 57.1. The van der Waals surface area contributed by atoms with Gasteiger partial charge >= 0.3 is 6.85 Å². The number of rotatable bonds is 7. The van der Waals surface area contributed by atoms with Gasteiger partial charge in [0.25, 0.3) is 0 Å². The average molecular weight is 1250 g/mol. The number of hydrogen-bond acceptors (Lipinski definition) is 5. The van der Waals surface area contributed by atoms with Gasteiger partial charge in [0.1, 0.15) is 23.2 Å². The van der Waals surface area contributed by atoms with Crippen LogP contribution in [0.2, 0.25) is 0 Å². The summed E-state index contributed by atoms with van der Waals surface area (Å²) in [6.45, 7) is 31.2. The molecule has 0 radical (unpaired) electrons. The fourth-order valence-corrected chi connectivity index (χ4v) is 12.4. The number of para-hydroxylation sites is 1. The summed E-state index contributed by atoms with van der Waals surface area (Å²) in [6.07, 6.45) is 8.74. The van der Waals surface area contributed by atoms with E-state index in [2.05, 4.69) is 293 Å². The molecule has 8 heteroatoms. The molecule has 0 fully saturated rings. The van der Waals surface area contributed by atoms with E-state index in [1.807, 2.05) is 6.20 Å². The van der Waals surface area contributed by atoms with Crippen LogP contribution in [0.5, 0.6) is 5.75 Å². The summed E-state index contributed by atoms with van der Waals surface area (Å²) in [4.78, 5) is 16.3. The van der Waals surface area contributed by atoms with Crippen molar-refractivity contribution in [3.8, 4) is 56.3 Å². The molecule has 414 valence electrons. The van der Waals surface area contributed by atoms with Crippen molar-refractivity contribution in [2.24, 2.45) is 0 Å². The number of fused-ring (bicyclic) bond motifs is 4. The molecule has 3 aliphatic rings. The van der Waals surface area contributed by atoms with Crippen molar-refractivity contribution in [1.29, 1.82) is 0 Å². The molecule has 2 aromatic heterocycles. The van der Waals surface area contributed by atoms with E-state index in [-0.39, 0.29) is 43.1 Å². The number of imidazole rings is 1. The molecule has 0 atom stereocenters. The van der Waals surface area contributed by atoms with E-state index in [1.165, 1.54) is 33.4 Å². The van der Waals surface area contributed by atoms with Crippen molar-refractivity contribution >= 4 is 35.0 Å². The zero-order valence-corrected chi connectivity index (χ0v) is 52.2. The molecule has 0 aliphatic carbocycles. The number of benzene rings is 7. The van der Waals surface area contributed by atoms with Crippen LogP contribution in [0.4, 0.5) is 11.5 Å². The molecule has 6 nitrogen and oxygen atoms in total. The van der Waals surface area contributed by atoms with Gasteiger partial charge in [-0.2, -0.15) is 0 Å². The molecular weight excluding hydrogens is 1180 g/mol. The smallest absolute Gasteiger partial charge is 0.336 e. The van der Waals surface area contributed by atoms with Gasteiger partial charge < -0.3 is 14.9 Å². The molecule has 7 aromatic carbocycles. The number of aryl methyl sites for hydroxylation is 2. The topological polar surface area (TPSA) is 57.4 Å². The minimum Gasteiger partial charge on any atom is -0.507 e. The number of pyridine rings is 1. The van der Waals surface area contributed by atoms with Gasteiger partial charge in [-0.3, -0.25) is 9.47 Å². The van der Waals surface area contributed by atoms with Crippen LogP contribution in [-0.4, -0.2) is 31.3 Å².